The zero-order valence-corrected chi connectivity index (χ0v) is 12.5. The minimum atomic E-state index is 0.0906. The van der Waals surface area contributed by atoms with E-state index >= 15 is 0 Å². The van der Waals surface area contributed by atoms with E-state index in [1.807, 2.05) is 6.08 Å². The number of imidazole rings is 1. The number of allylic oxidation sites excluding steroid dienone is 2. The molecule has 0 aliphatic carbocycles. The number of hydrogen-bond acceptors (Lipinski definition) is 1. The molecule has 0 aliphatic rings. The van der Waals surface area contributed by atoms with E-state index in [0.717, 1.165) is 25.0 Å². The standard InChI is InChI=1S/C16H26N2/c1-8-10-14-17-15(16(5,6)7)13(4)18(14)11-12(3)9-2/h9H,2-3,8,10-11H2,1,4-7H3. The molecule has 0 bridgehead atoms. The zero-order valence-electron chi connectivity index (χ0n) is 12.5. The number of nitrogens with zero attached hydrogens (tertiary/aromatic N) is 2. The summed E-state index contributed by atoms with van der Waals surface area (Å²) in [6, 6.07) is 0. The monoisotopic (exact) mass is 246 g/mol. The summed E-state index contributed by atoms with van der Waals surface area (Å²) in [5, 5.41) is 0. The molecule has 100 valence electrons. The molecule has 0 spiro atoms. The lowest BCUT2D eigenvalue weighted by molar-refractivity contribution is 0.565. The van der Waals surface area contributed by atoms with Crippen LogP contribution in [0.4, 0.5) is 0 Å². The minimum Gasteiger partial charge on any atom is -0.328 e. The molecule has 2 nitrogen and oxygen atoms in total. The molecule has 0 aliphatic heterocycles. The van der Waals surface area contributed by atoms with E-state index in [4.69, 9.17) is 4.98 Å². The van der Waals surface area contributed by atoms with Crippen molar-refractivity contribution in [1.29, 1.82) is 0 Å². The summed E-state index contributed by atoms with van der Waals surface area (Å²) in [5.74, 6) is 1.17. The zero-order chi connectivity index (χ0) is 13.9. The second-order valence-electron chi connectivity index (χ2n) is 5.91. The van der Waals surface area contributed by atoms with Gasteiger partial charge in [-0.1, -0.05) is 46.9 Å². The van der Waals surface area contributed by atoms with Crippen LogP contribution in [0.1, 0.15) is 51.3 Å². The number of aryl methyl sites for hydroxylation is 1. The maximum Gasteiger partial charge on any atom is 0.109 e. The van der Waals surface area contributed by atoms with E-state index in [1.165, 1.54) is 17.2 Å². The molecule has 0 N–H and O–H groups in total. The first-order chi connectivity index (χ1) is 8.31. The van der Waals surface area contributed by atoms with Gasteiger partial charge in [-0.3, -0.25) is 0 Å². The Labute approximate surface area is 111 Å². The molecule has 0 radical (unpaired) electrons. The molecule has 2 heteroatoms. The van der Waals surface area contributed by atoms with E-state index in [2.05, 4.69) is 52.3 Å². The van der Waals surface area contributed by atoms with Crippen molar-refractivity contribution in [1.82, 2.24) is 9.55 Å². The van der Waals surface area contributed by atoms with Crippen LogP contribution < -0.4 is 0 Å². The highest BCUT2D eigenvalue weighted by atomic mass is 15.1. The Hall–Kier alpha value is -1.31. The molecule has 1 aromatic rings. The lowest BCUT2D eigenvalue weighted by Gasteiger charge is -2.17. The molecule has 0 saturated carbocycles. The van der Waals surface area contributed by atoms with Gasteiger partial charge in [0.05, 0.1) is 5.69 Å². The predicted molar refractivity (Wildman–Crippen MR) is 79.0 cm³/mol. The van der Waals surface area contributed by atoms with Gasteiger partial charge in [0, 0.05) is 24.1 Å². The fourth-order valence-electron chi connectivity index (χ4n) is 2.19. The molecule has 0 saturated heterocycles. The number of hydrogen-bond donors (Lipinski definition) is 0. The van der Waals surface area contributed by atoms with Crippen molar-refractivity contribution in [2.75, 3.05) is 0 Å². The summed E-state index contributed by atoms with van der Waals surface area (Å²) in [7, 11) is 0. The van der Waals surface area contributed by atoms with Crippen LogP contribution in [-0.4, -0.2) is 9.55 Å². The van der Waals surface area contributed by atoms with E-state index < -0.39 is 0 Å². The molecule has 1 heterocycles. The van der Waals surface area contributed by atoms with Crippen molar-refractivity contribution >= 4 is 0 Å². The van der Waals surface area contributed by atoms with Gasteiger partial charge in [0.15, 0.2) is 0 Å². The predicted octanol–water partition coefficient (Wildman–Crippen LogP) is 4.18. The summed E-state index contributed by atoms with van der Waals surface area (Å²) in [6.07, 6.45) is 3.95. The third kappa shape index (κ3) is 3.12. The van der Waals surface area contributed by atoms with Crippen LogP contribution in [0, 0.1) is 6.92 Å². The van der Waals surface area contributed by atoms with Gasteiger partial charge >= 0.3 is 0 Å². The molecule has 0 atom stereocenters. The topological polar surface area (TPSA) is 17.8 Å². The SMILES string of the molecule is C=CC(=C)Cn1c(CCC)nc(C(C)(C)C)c1C. The fraction of sp³-hybridized carbons (Fsp3) is 0.562. The molecular formula is C16H26N2. The molecule has 18 heavy (non-hydrogen) atoms. The second-order valence-corrected chi connectivity index (χ2v) is 5.91. The van der Waals surface area contributed by atoms with Gasteiger partial charge in [0.2, 0.25) is 0 Å². The van der Waals surface area contributed by atoms with Gasteiger partial charge in [0.1, 0.15) is 5.82 Å². The Morgan fingerprint density at radius 2 is 2.00 bits per heavy atom. The van der Waals surface area contributed by atoms with Crippen LogP contribution in [0.3, 0.4) is 0 Å². The van der Waals surface area contributed by atoms with Gasteiger partial charge < -0.3 is 4.57 Å². The lowest BCUT2D eigenvalue weighted by Crippen LogP contribution is -2.14. The second kappa shape index (κ2) is 5.55. The molecular weight excluding hydrogens is 220 g/mol. The third-order valence-electron chi connectivity index (χ3n) is 3.13. The van der Waals surface area contributed by atoms with Crippen LogP contribution in [0.15, 0.2) is 24.8 Å². The Balaban J connectivity index is 3.24. The Bertz CT molecular complexity index is 444. The highest BCUT2D eigenvalue weighted by Gasteiger charge is 2.23. The normalized spacial score (nSPS) is 11.6. The van der Waals surface area contributed by atoms with Crippen LogP contribution in [0.2, 0.25) is 0 Å². The van der Waals surface area contributed by atoms with Crippen molar-refractivity contribution in [3.8, 4) is 0 Å². The first kappa shape index (κ1) is 14.7. The summed E-state index contributed by atoms with van der Waals surface area (Å²) in [6.45, 7) is 19.6. The van der Waals surface area contributed by atoms with Crippen molar-refractivity contribution in [2.45, 2.75) is 59.4 Å². The maximum atomic E-state index is 4.85. The van der Waals surface area contributed by atoms with Crippen molar-refractivity contribution in [3.05, 3.63) is 42.0 Å². The first-order valence-corrected chi connectivity index (χ1v) is 6.68. The molecule has 0 unspecified atom stereocenters. The van der Waals surface area contributed by atoms with Crippen molar-refractivity contribution in [3.63, 3.8) is 0 Å². The molecule has 1 aromatic heterocycles. The van der Waals surface area contributed by atoms with Crippen molar-refractivity contribution in [2.24, 2.45) is 0 Å². The summed E-state index contributed by atoms with van der Waals surface area (Å²) in [4.78, 5) is 4.85. The van der Waals surface area contributed by atoms with Crippen LogP contribution in [-0.2, 0) is 18.4 Å². The lowest BCUT2D eigenvalue weighted by atomic mass is 9.91. The first-order valence-electron chi connectivity index (χ1n) is 6.68. The van der Waals surface area contributed by atoms with Crippen molar-refractivity contribution < 1.29 is 0 Å². The average molecular weight is 246 g/mol. The van der Waals surface area contributed by atoms with E-state index in [-0.39, 0.29) is 5.41 Å². The smallest absolute Gasteiger partial charge is 0.109 e. The van der Waals surface area contributed by atoms with Crippen LogP contribution in [0.5, 0.6) is 0 Å². The quantitative estimate of drug-likeness (QED) is 0.712. The Morgan fingerprint density at radius 3 is 2.44 bits per heavy atom. The van der Waals surface area contributed by atoms with Gasteiger partial charge in [-0.05, 0) is 18.9 Å². The van der Waals surface area contributed by atoms with Crippen LogP contribution >= 0.6 is 0 Å². The molecule has 0 aromatic carbocycles. The molecule has 0 fully saturated rings. The van der Waals surface area contributed by atoms with Gasteiger partial charge in [-0.2, -0.15) is 0 Å². The van der Waals surface area contributed by atoms with Gasteiger partial charge in [-0.25, -0.2) is 4.98 Å². The fourth-order valence-corrected chi connectivity index (χ4v) is 2.19. The minimum absolute atomic E-state index is 0.0906. The Kier molecular flexibility index (Phi) is 4.55. The summed E-state index contributed by atoms with van der Waals surface area (Å²) in [5.41, 5.74) is 3.58. The van der Waals surface area contributed by atoms with Gasteiger partial charge in [-0.15, -0.1) is 0 Å². The summed E-state index contributed by atoms with van der Waals surface area (Å²) < 4.78 is 2.29. The highest BCUT2D eigenvalue weighted by molar-refractivity contribution is 5.25. The van der Waals surface area contributed by atoms with E-state index in [0.29, 0.717) is 0 Å². The number of rotatable bonds is 5. The van der Waals surface area contributed by atoms with E-state index in [9.17, 15) is 0 Å². The highest BCUT2D eigenvalue weighted by Crippen LogP contribution is 2.26. The largest absolute Gasteiger partial charge is 0.328 e. The van der Waals surface area contributed by atoms with Crippen LogP contribution in [0.25, 0.3) is 0 Å². The third-order valence-corrected chi connectivity index (χ3v) is 3.13. The average Bonchev–Trinajstić information content (AvgIpc) is 2.57. The maximum absolute atomic E-state index is 4.85. The summed E-state index contributed by atoms with van der Waals surface area (Å²) >= 11 is 0. The van der Waals surface area contributed by atoms with Gasteiger partial charge in [0.25, 0.3) is 0 Å². The number of aromatic nitrogens is 2. The Morgan fingerprint density at radius 1 is 1.39 bits per heavy atom. The molecule has 1 rings (SSSR count). The van der Waals surface area contributed by atoms with E-state index in [1.54, 1.807) is 0 Å². The molecule has 0 amide bonds.